The summed E-state index contributed by atoms with van der Waals surface area (Å²) in [5.74, 6) is 1.13. The fraction of sp³-hybridized carbons (Fsp3) is 0.467. The molecule has 0 bridgehead atoms. The zero-order chi connectivity index (χ0) is 15.2. The largest absolute Gasteiger partial charge is 0.354 e. The molecule has 1 unspecified atom stereocenters. The van der Waals surface area contributed by atoms with Gasteiger partial charge < -0.3 is 10.6 Å². The number of amides is 1. The SMILES string of the molecule is Cl.O=C(Cn1nnc(-c2ccccc2)n1)NCCC1CCNC1. The Balaban J connectivity index is 0.00000192. The Morgan fingerprint density at radius 3 is 2.91 bits per heavy atom. The van der Waals surface area contributed by atoms with E-state index in [9.17, 15) is 4.79 Å². The van der Waals surface area contributed by atoms with Crippen LogP contribution in [0.3, 0.4) is 0 Å². The summed E-state index contributed by atoms with van der Waals surface area (Å²) in [5.41, 5.74) is 0.892. The van der Waals surface area contributed by atoms with Crippen molar-refractivity contribution in [3.63, 3.8) is 0 Å². The Hall–Kier alpha value is -1.99. The molecule has 1 fully saturated rings. The first-order valence-electron chi connectivity index (χ1n) is 7.62. The molecule has 1 saturated heterocycles. The van der Waals surface area contributed by atoms with Gasteiger partial charge in [-0.15, -0.1) is 22.6 Å². The van der Waals surface area contributed by atoms with Crippen LogP contribution in [0.1, 0.15) is 12.8 Å². The molecule has 0 spiro atoms. The van der Waals surface area contributed by atoms with E-state index >= 15 is 0 Å². The normalized spacial score (nSPS) is 16.8. The highest BCUT2D eigenvalue weighted by atomic mass is 35.5. The second-order valence-corrected chi connectivity index (χ2v) is 5.51. The minimum atomic E-state index is -0.0806. The zero-order valence-electron chi connectivity index (χ0n) is 12.8. The highest BCUT2D eigenvalue weighted by molar-refractivity contribution is 5.85. The van der Waals surface area contributed by atoms with Crippen LogP contribution in [0.4, 0.5) is 0 Å². The third-order valence-corrected chi connectivity index (χ3v) is 3.81. The number of rotatable bonds is 6. The van der Waals surface area contributed by atoms with Gasteiger partial charge in [0.2, 0.25) is 11.7 Å². The standard InChI is InChI=1S/C15H20N6O.ClH/c22-14(17-9-7-12-6-8-16-10-12)11-21-19-15(18-20-21)13-4-2-1-3-5-13;/h1-5,12,16H,6-11H2,(H,17,22);1H. The summed E-state index contributed by atoms with van der Waals surface area (Å²) in [6, 6.07) is 9.59. The second-order valence-electron chi connectivity index (χ2n) is 5.51. The van der Waals surface area contributed by atoms with E-state index in [1.54, 1.807) is 0 Å². The van der Waals surface area contributed by atoms with Crippen molar-refractivity contribution >= 4 is 18.3 Å². The smallest absolute Gasteiger partial charge is 0.243 e. The van der Waals surface area contributed by atoms with Crippen LogP contribution >= 0.6 is 12.4 Å². The van der Waals surface area contributed by atoms with Gasteiger partial charge in [0.25, 0.3) is 0 Å². The fourth-order valence-electron chi connectivity index (χ4n) is 2.57. The average molecular weight is 337 g/mol. The molecule has 23 heavy (non-hydrogen) atoms. The second kappa shape index (κ2) is 8.59. The minimum Gasteiger partial charge on any atom is -0.354 e. The van der Waals surface area contributed by atoms with E-state index in [1.807, 2.05) is 30.3 Å². The molecule has 1 aromatic carbocycles. The number of hydrogen-bond acceptors (Lipinski definition) is 5. The van der Waals surface area contributed by atoms with E-state index in [0.717, 1.165) is 25.1 Å². The van der Waals surface area contributed by atoms with Crippen molar-refractivity contribution in [1.29, 1.82) is 0 Å². The first kappa shape index (κ1) is 17.4. The summed E-state index contributed by atoms with van der Waals surface area (Å²) < 4.78 is 0. The predicted molar refractivity (Wildman–Crippen MR) is 89.1 cm³/mol. The quantitative estimate of drug-likeness (QED) is 0.818. The maximum Gasteiger partial charge on any atom is 0.243 e. The van der Waals surface area contributed by atoms with Crippen LogP contribution < -0.4 is 10.6 Å². The molecule has 2 N–H and O–H groups in total. The van der Waals surface area contributed by atoms with Gasteiger partial charge in [0.05, 0.1) is 0 Å². The van der Waals surface area contributed by atoms with Gasteiger partial charge in [0.1, 0.15) is 6.54 Å². The van der Waals surface area contributed by atoms with Gasteiger partial charge in [0, 0.05) is 12.1 Å². The first-order chi connectivity index (χ1) is 10.8. The topological polar surface area (TPSA) is 84.7 Å². The molecule has 1 amide bonds. The summed E-state index contributed by atoms with van der Waals surface area (Å²) in [6.45, 7) is 2.94. The van der Waals surface area contributed by atoms with Crippen LogP contribution in [-0.4, -0.2) is 45.7 Å². The van der Waals surface area contributed by atoms with E-state index in [-0.39, 0.29) is 24.9 Å². The van der Waals surface area contributed by atoms with Crippen LogP contribution in [0.2, 0.25) is 0 Å². The molecule has 0 saturated carbocycles. The average Bonchev–Trinajstić information content (AvgIpc) is 3.20. The lowest BCUT2D eigenvalue weighted by Crippen LogP contribution is -2.30. The van der Waals surface area contributed by atoms with E-state index in [2.05, 4.69) is 26.0 Å². The van der Waals surface area contributed by atoms with E-state index in [0.29, 0.717) is 18.3 Å². The minimum absolute atomic E-state index is 0. The highest BCUT2D eigenvalue weighted by Gasteiger charge is 2.14. The lowest BCUT2D eigenvalue weighted by atomic mass is 10.1. The van der Waals surface area contributed by atoms with Gasteiger partial charge in [-0.05, 0) is 37.1 Å². The molecule has 1 atom stereocenters. The van der Waals surface area contributed by atoms with Crippen molar-refractivity contribution in [3.8, 4) is 11.4 Å². The maximum absolute atomic E-state index is 11.9. The molecule has 1 aliphatic rings. The van der Waals surface area contributed by atoms with Gasteiger partial charge in [-0.25, -0.2) is 0 Å². The number of nitrogens with one attached hydrogen (secondary N) is 2. The van der Waals surface area contributed by atoms with Crippen LogP contribution in [0.25, 0.3) is 11.4 Å². The number of tetrazole rings is 1. The molecule has 2 aromatic rings. The van der Waals surface area contributed by atoms with Crippen LogP contribution in [-0.2, 0) is 11.3 Å². The molecule has 0 radical (unpaired) electrons. The molecule has 3 rings (SSSR count). The van der Waals surface area contributed by atoms with Gasteiger partial charge in [0.15, 0.2) is 0 Å². The lowest BCUT2D eigenvalue weighted by Gasteiger charge is -2.08. The van der Waals surface area contributed by atoms with Crippen LogP contribution in [0, 0.1) is 5.92 Å². The number of nitrogens with zero attached hydrogens (tertiary/aromatic N) is 4. The van der Waals surface area contributed by atoms with Gasteiger partial charge in [-0.2, -0.15) is 4.80 Å². The Labute approximate surface area is 141 Å². The summed E-state index contributed by atoms with van der Waals surface area (Å²) in [7, 11) is 0. The summed E-state index contributed by atoms with van der Waals surface area (Å²) >= 11 is 0. The molecule has 0 aliphatic carbocycles. The highest BCUT2D eigenvalue weighted by Crippen LogP contribution is 2.12. The van der Waals surface area contributed by atoms with E-state index < -0.39 is 0 Å². The molecule has 1 aliphatic heterocycles. The van der Waals surface area contributed by atoms with Crippen molar-refractivity contribution in [3.05, 3.63) is 30.3 Å². The monoisotopic (exact) mass is 336 g/mol. The van der Waals surface area contributed by atoms with E-state index in [4.69, 9.17) is 0 Å². The molecule has 1 aromatic heterocycles. The fourth-order valence-corrected chi connectivity index (χ4v) is 2.57. The third kappa shape index (κ3) is 5.01. The number of halogens is 1. The molecular weight excluding hydrogens is 316 g/mol. The third-order valence-electron chi connectivity index (χ3n) is 3.81. The number of carbonyl (C=O) groups excluding carboxylic acids is 1. The summed E-state index contributed by atoms with van der Waals surface area (Å²) in [4.78, 5) is 13.2. The number of aromatic nitrogens is 4. The number of hydrogen-bond donors (Lipinski definition) is 2. The Morgan fingerprint density at radius 1 is 1.35 bits per heavy atom. The van der Waals surface area contributed by atoms with Gasteiger partial charge >= 0.3 is 0 Å². The van der Waals surface area contributed by atoms with E-state index in [1.165, 1.54) is 11.2 Å². The Kier molecular flexibility index (Phi) is 6.49. The van der Waals surface area contributed by atoms with Crippen molar-refractivity contribution in [2.24, 2.45) is 5.92 Å². The summed E-state index contributed by atoms with van der Waals surface area (Å²) in [6.07, 6.45) is 2.21. The molecule has 8 heteroatoms. The first-order valence-corrected chi connectivity index (χ1v) is 7.62. The van der Waals surface area contributed by atoms with Crippen molar-refractivity contribution in [2.75, 3.05) is 19.6 Å². The van der Waals surface area contributed by atoms with Gasteiger partial charge in [-0.3, -0.25) is 4.79 Å². The molecular formula is C15H21ClN6O. The summed E-state index contributed by atoms with van der Waals surface area (Å²) in [5, 5.41) is 18.4. The zero-order valence-corrected chi connectivity index (χ0v) is 13.6. The van der Waals surface area contributed by atoms with Crippen molar-refractivity contribution in [2.45, 2.75) is 19.4 Å². The Morgan fingerprint density at radius 2 is 2.17 bits per heavy atom. The molecule has 124 valence electrons. The molecule has 7 nitrogen and oxygen atoms in total. The Bertz CT molecular complexity index is 611. The van der Waals surface area contributed by atoms with Gasteiger partial charge in [-0.1, -0.05) is 30.3 Å². The van der Waals surface area contributed by atoms with Crippen LogP contribution in [0.5, 0.6) is 0 Å². The lowest BCUT2D eigenvalue weighted by molar-refractivity contribution is -0.122. The van der Waals surface area contributed by atoms with Crippen LogP contribution in [0.15, 0.2) is 30.3 Å². The number of benzene rings is 1. The maximum atomic E-state index is 11.9. The van der Waals surface area contributed by atoms with Crippen molar-refractivity contribution < 1.29 is 4.79 Å². The predicted octanol–water partition coefficient (Wildman–Crippen LogP) is 0.878. The van der Waals surface area contributed by atoms with Crippen molar-refractivity contribution in [1.82, 2.24) is 30.8 Å². The molecule has 2 heterocycles. The number of carbonyl (C=O) groups is 1.